The highest BCUT2D eigenvalue weighted by Gasteiger charge is 2.45. The zero-order valence-electron chi connectivity index (χ0n) is 15.2. The Balaban J connectivity index is 1.74. The molecule has 0 aliphatic carbocycles. The standard InChI is InChI=1S/C14H20N6O8S/c1-2-3-7(21)19-29(25,26)27-4-6-9(22)10(23)13(28-6)20-5-16-8-11(20)17-14(15)18-12(8)24/h5-6,9-10,13,22-23H,2-4H2,1H3,(H,19,21)(H3,15,17,18,24)/t6-,9?,10?,13-/m1/s1. The average Bonchev–Trinajstić information content (AvgIpc) is 3.15. The molecule has 6 N–H and O–H groups in total. The Hall–Kier alpha value is -2.59. The molecule has 1 aliphatic heterocycles. The van der Waals surface area contributed by atoms with Crippen LogP contribution in [-0.4, -0.2) is 69.0 Å². The first-order valence-corrected chi connectivity index (χ1v) is 9.97. The SMILES string of the molecule is CCCC(=O)NS(=O)(=O)OC[C@H]1O[C@@H](n2cnc3c(=O)[nH]c(N)nc32)C(O)C1O. The van der Waals surface area contributed by atoms with E-state index in [9.17, 15) is 28.2 Å². The van der Waals surface area contributed by atoms with E-state index in [1.54, 1.807) is 11.6 Å². The molecule has 1 fully saturated rings. The first-order chi connectivity index (χ1) is 13.6. The Morgan fingerprint density at radius 1 is 1.45 bits per heavy atom. The fourth-order valence-electron chi connectivity index (χ4n) is 2.83. The maximum atomic E-state index is 11.9. The van der Waals surface area contributed by atoms with Crippen LogP contribution in [0.2, 0.25) is 0 Å². The van der Waals surface area contributed by atoms with Crippen LogP contribution in [-0.2, 0) is 24.0 Å². The number of H-pyrrole nitrogens is 1. The largest absolute Gasteiger partial charge is 0.387 e. The monoisotopic (exact) mass is 432 g/mol. The molecular weight excluding hydrogens is 412 g/mol. The number of ether oxygens (including phenoxy) is 1. The molecule has 0 spiro atoms. The number of nitrogens with two attached hydrogens (primary N) is 1. The van der Waals surface area contributed by atoms with Crippen molar-refractivity contribution < 1.29 is 32.3 Å². The Kier molecular flexibility index (Phi) is 5.85. The van der Waals surface area contributed by atoms with Gasteiger partial charge in [-0.2, -0.15) is 13.4 Å². The lowest BCUT2D eigenvalue weighted by Crippen LogP contribution is -2.37. The van der Waals surface area contributed by atoms with Crippen molar-refractivity contribution in [2.75, 3.05) is 12.3 Å². The van der Waals surface area contributed by atoms with Gasteiger partial charge in [-0.15, -0.1) is 0 Å². The molecule has 14 nitrogen and oxygen atoms in total. The predicted molar refractivity (Wildman–Crippen MR) is 96.4 cm³/mol. The van der Waals surface area contributed by atoms with E-state index in [4.69, 9.17) is 10.5 Å². The second-order valence-electron chi connectivity index (χ2n) is 6.34. The normalized spacial score (nSPS) is 24.8. The second kappa shape index (κ2) is 8.03. The zero-order valence-corrected chi connectivity index (χ0v) is 16.0. The molecule has 1 amide bonds. The highest BCUT2D eigenvalue weighted by atomic mass is 32.2. The molecule has 2 aromatic heterocycles. The molecule has 0 radical (unpaired) electrons. The highest BCUT2D eigenvalue weighted by molar-refractivity contribution is 7.85. The van der Waals surface area contributed by atoms with Crippen molar-refractivity contribution >= 4 is 33.3 Å². The Labute approximate surface area is 163 Å². The molecule has 3 heterocycles. The number of aliphatic hydroxyl groups excluding tert-OH is 2. The number of anilines is 1. The number of nitrogens with one attached hydrogen (secondary N) is 2. The van der Waals surface area contributed by atoms with Gasteiger partial charge in [0, 0.05) is 6.42 Å². The third-order valence-corrected chi connectivity index (χ3v) is 5.09. The summed E-state index contributed by atoms with van der Waals surface area (Å²) in [4.78, 5) is 33.4. The number of aromatic amines is 1. The molecule has 0 bridgehead atoms. The molecular formula is C14H20N6O8S. The minimum atomic E-state index is -4.41. The summed E-state index contributed by atoms with van der Waals surface area (Å²) >= 11 is 0. The maximum Gasteiger partial charge on any atom is 0.362 e. The van der Waals surface area contributed by atoms with E-state index in [0.29, 0.717) is 6.42 Å². The molecule has 2 unspecified atom stereocenters. The molecule has 4 atom stereocenters. The van der Waals surface area contributed by atoms with Crippen molar-refractivity contribution in [3.63, 3.8) is 0 Å². The van der Waals surface area contributed by atoms with Crippen LogP contribution in [0.1, 0.15) is 26.0 Å². The van der Waals surface area contributed by atoms with Crippen LogP contribution in [0.4, 0.5) is 5.95 Å². The van der Waals surface area contributed by atoms with Crippen molar-refractivity contribution in [1.82, 2.24) is 24.2 Å². The Morgan fingerprint density at radius 2 is 2.17 bits per heavy atom. The maximum absolute atomic E-state index is 11.9. The molecule has 1 aliphatic rings. The third-order valence-electron chi connectivity index (χ3n) is 4.17. The number of fused-ring (bicyclic) bond motifs is 1. The molecule has 1 saturated heterocycles. The number of hydrogen-bond donors (Lipinski definition) is 5. The fourth-order valence-corrected chi connectivity index (χ4v) is 3.58. The van der Waals surface area contributed by atoms with Crippen LogP contribution >= 0.6 is 0 Å². The number of nitrogen functional groups attached to an aromatic ring is 1. The van der Waals surface area contributed by atoms with E-state index in [0.717, 1.165) is 6.33 Å². The molecule has 0 aromatic carbocycles. The minimum Gasteiger partial charge on any atom is -0.387 e. The van der Waals surface area contributed by atoms with E-state index in [2.05, 4.69) is 19.1 Å². The number of aromatic nitrogens is 4. The lowest BCUT2D eigenvalue weighted by atomic mass is 10.1. The number of carbonyl (C=O) groups is 1. The van der Waals surface area contributed by atoms with Crippen molar-refractivity contribution in [3.05, 3.63) is 16.7 Å². The topological polar surface area (TPSA) is 212 Å². The van der Waals surface area contributed by atoms with Crippen LogP contribution in [0, 0.1) is 0 Å². The van der Waals surface area contributed by atoms with Gasteiger partial charge in [-0.25, -0.2) is 9.71 Å². The van der Waals surface area contributed by atoms with Gasteiger partial charge < -0.3 is 20.7 Å². The number of nitrogens with zero attached hydrogens (tertiary/aromatic N) is 3. The number of aliphatic hydroxyl groups is 2. The van der Waals surface area contributed by atoms with Crippen molar-refractivity contribution in [2.24, 2.45) is 0 Å². The van der Waals surface area contributed by atoms with Crippen molar-refractivity contribution in [1.29, 1.82) is 0 Å². The zero-order chi connectivity index (χ0) is 21.3. The van der Waals surface area contributed by atoms with Gasteiger partial charge in [0.2, 0.25) is 11.9 Å². The summed E-state index contributed by atoms with van der Waals surface area (Å²) in [5.41, 5.74) is 4.85. The van der Waals surface area contributed by atoms with Crippen LogP contribution in [0.3, 0.4) is 0 Å². The van der Waals surface area contributed by atoms with Crippen LogP contribution in [0.15, 0.2) is 11.1 Å². The minimum absolute atomic E-state index is 0.00326. The number of imidazole rings is 1. The van der Waals surface area contributed by atoms with Gasteiger partial charge in [0.15, 0.2) is 17.4 Å². The van der Waals surface area contributed by atoms with E-state index in [-0.39, 0.29) is 23.5 Å². The number of amides is 1. The number of rotatable bonds is 7. The van der Waals surface area contributed by atoms with Crippen molar-refractivity contribution in [2.45, 2.75) is 44.3 Å². The molecule has 3 rings (SSSR count). The first-order valence-electron chi connectivity index (χ1n) is 8.57. The summed E-state index contributed by atoms with van der Waals surface area (Å²) in [6.07, 6.45) is -3.94. The van der Waals surface area contributed by atoms with E-state index >= 15 is 0 Å². The van der Waals surface area contributed by atoms with E-state index in [1.807, 2.05) is 0 Å². The van der Waals surface area contributed by atoms with Gasteiger partial charge >= 0.3 is 10.3 Å². The average molecular weight is 432 g/mol. The van der Waals surface area contributed by atoms with Gasteiger partial charge in [0.05, 0.1) is 12.9 Å². The molecule has 2 aromatic rings. The number of hydrogen-bond acceptors (Lipinski definition) is 11. The smallest absolute Gasteiger partial charge is 0.362 e. The third kappa shape index (κ3) is 4.38. The van der Waals surface area contributed by atoms with Crippen LogP contribution in [0.25, 0.3) is 11.2 Å². The van der Waals surface area contributed by atoms with E-state index in [1.165, 1.54) is 4.57 Å². The summed E-state index contributed by atoms with van der Waals surface area (Å²) in [6, 6.07) is 0. The summed E-state index contributed by atoms with van der Waals surface area (Å²) in [5, 5.41) is 20.5. The lowest BCUT2D eigenvalue weighted by molar-refractivity contribution is -0.119. The fraction of sp³-hybridized carbons (Fsp3) is 0.571. The quantitative estimate of drug-likeness (QED) is 0.308. The highest BCUT2D eigenvalue weighted by Crippen LogP contribution is 2.31. The van der Waals surface area contributed by atoms with Gasteiger partial charge in [0.1, 0.15) is 18.3 Å². The Morgan fingerprint density at radius 3 is 2.86 bits per heavy atom. The van der Waals surface area contributed by atoms with Crippen LogP contribution < -0.4 is 16.0 Å². The second-order valence-corrected chi connectivity index (χ2v) is 7.68. The molecule has 15 heteroatoms. The van der Waals surface area contributed by atoms with Crippen LogP contribution in [0.5, 0.6) is 0 Å². The molecule has 0 saturated carbocycles. The summed E-state index contributed by atoms with van der Waals surface area (Å²) in [5.74, 6) is -0.928. The summed E-state index contributed by atoms with van der Waals surface area (Å²) in [7, 11) is -4.41. The summed E-state index contributed by atoms with van der Waals surface area (Å²) < 4.78 is 36.6. The molecule has 29 heavy (non-hydrogen) atoms. The lowest BCUT2D eigenvalue weighted by Gasteiger charge is -2.16. The van der Waals surface area contributed by atoms with Gasteiger partial charge in [-0.05, 0) is 6.42 Å². The first kappa shape index (κ1) is 21.1. The summed E-state index contributed by atoms with van der Waals surface area (Å²) in [6.45, 7) is 1.03. The van der Waals surface area contributed by atoms with Crippen molar-refractivity contribution in [3.8, 4) is 0 Å². The van der Waals surface area contributed by atoms with Gasteiger partial charge in [-0.1, -0.05) is 6.92 Å². The van der Waals surface area contributed by atoms with E-state index < -0.39 is 52.9 Å². The van der Waals surface area contributed by atoms with Gasteiger partial charge in [-0.3, -0.25) is 23.3 Å². The predicted octanol–water partition coefficient (Wildman–Crippen LogP) is -2.50. The number of carbonyl (C=O) groups excluding carboxylic acids is 1. The molecule has 160 valence electrons. The Bertz CT molecular complexity index is 1070. The van der Waals surface area contributed by atoms with Gasteiger partial charge in [0.25, 0.3) is 5.56 Å².